The van der Waals surface area contributed by atoms with Crippen molar-refractivity contribution in [2.45, 2.75) is 32.6 Å². The van der Waals surface area contributed by atoms with Gasteiger partial charge in [-0.05, 0) is 31.6 Å². The average molecular weight is 297 g/mol. The van der Waals surface area contributed by atoms with E-state index in [2.05, 4.69) is 17.2 Å². The minimum atomic E-state index is -0.844. The fourth-order valence-electron chi connectivity index (χ4n) is 2.51. The highest BCUT2D eigenvalue weighted by Gasteiger charge is 2.41. The summed E-state index contributed by atoms with van der Waals surface area (Å²) in [5, 5.41) is 14.1. The molecule has 7 heteroatoms. The minimum absolute atomic E-state index is 0.144. The van der Waals surface area contributed by atoms with Crippen molar-refractivity contribution < 1.29 is 14.7 Å². The molecule has 2 rings (SSSR count). The summed E-state index contributed by atoms with van der Waals surface area (Å²) in [6, 6.07) is 0. The van der Waals surface area contributed by atoms with Crippen molar-refractivity contribution in [1.29, 1.82) is 0 Å². The molecule has 1 fully saturated rings. The summed E-state index contributed by atoms with van der Waals surface area (Å²) >= 11 is 1.19. The minimum Gasteiger partial charge on any atom is -0.481 e. The molecule has 1 heterocycles. The number of carbonyl (C=O) groups is 2. The van der Waals surface area contributed by atoms with Crippen LogP contribution in [0.2, 0.25) is 0 Å². The SMILES string of the molecule is CC1CCC(CNC(=O)c2csc(N)n2)(C(=O)O)CC1. The maximum atomic E-state index is 11.9. The molecule has 1 saturated carbocycles. The van der Waals surface area contributed by atoms with Crippen molar-refractivity contribution in [2.75, 3.05) is 12.3 Å². The zero-order valence-corrected chi connectivity index (χ0v) is 12.2. The van der Waals surface area contributed by atoms with Gasteiger partial charge in [-0.25, -0.2) is 4.98 Å². The Labute approximate surface area is 121 Å². The number of nitrogens with one attached hydrogen (secondary N) is 1. The lowest BCUT2D eigenvalue weighted by atomic mass is 9.71. The molecule has 0 unspecified atom stereocenters. The largest absolute Gasteiger partial charge is 0.481 e. The Kier molecular flexibility index (Phi) is 4.27. The van der Waals surface area contributed by atoms with Crippen LogP contribution in [0.25, 0.3) is 0 Å². The first-order chi connectivity index (χ1) is 9.43. The van der Waals surface area contributed by atoms with E-state index in [1.165, 1.54) is 11.3 Å². The topological polar surface area (TPSA) is 105 Å². The molecule has 0 saturated heterocycles. The second-order valence-electron chi connectivity index (χ2n) is 5.52. The molecule has 0 spiro atoms. The molecule has 1 amide bonds. The third kappa shape index (κ3) is 3.09. The maximum Gasteiger partial charge on any atom is 0.311 e. The molecule has 0 aliphatic heterocycles. The fourth-order valence-corrected chi connectivity index (χ4v) is 3.06. The third-order valence-electron chi connectivity index (χ3n) is 4.03. The number of nitrogens with zero attached hydrogens (tertiary/aromatic N) is 1. The van der Waals surface area contributed by atoms with Crippen LogP contribution >= 0.6 is 11.3 Å². The number of carbonyl (C=O) groups excluding carboxylic acids is 1. The maximum absolute atomic E-state index is 11.9. The summed E-state index contributed by atoms with van der Waals surface area (Å²) < 4.78 is 0. The van der Waals surface area contributed by atoms with Gasteiger partial charge in [0.15, 0.2) is 5.13 Å². The van der Waals surface area contributed by atoms with Gasteiger partial charge in [-0.15, -0.1) is 11.3 Å². The quantitative estimate of drug-likeness (QED) is 0.785. The standard InChI is InChI=1S/C13H19N3O3S/c1-8-2-4-13(5-3-8,11(18)19)7-15-10(17)9-6-20-12(14)16-9/h6,8H,2-5,7H2,1H3,(H2,14,16)(H,15,17)(H,18,19). The molecule has 1 aliphatic carbocycles. The number of nitrogen functional groups attached to an aromatic ring is 1. The van der Waals surface area contributed by atoms with Crippen LogP contribution in [-0.2, 0) is 4.79 Å². The summed E-state index contributed by atoms with van der Waals surface area (Å²) in [6.07, 6.45) is 2.96. The molecule has 1 aliphatic rings. The van der Waals surface area contributed by atoms with Gasteiger partial charge in [0.1, 0.15) is 5.69 Å². The van der Waals surface area contributed by atoms with Gasteiger partial charge < -0.3 is 16.2 Å². The predicted octanol–water partition coefficient (Wildman–Crippen LogP) is 1.74. The molecule has 1 aromatic rings. The molecule has 4 N–H and O–H groups in total. The van der Waals surface area contributed by atoms with E-state index in [-0.39, 0.29) is 18.1 Å². The number of hydrogen-bond donors (Lipinski definition) is 3. The molecule has 110 valence electrons. The average Bonchev–Trinajstić information content (AvgIpc) is 2.84. The summed E-state index contributed by atoms with van der Waals surface area (Å²) in [7, 11) is 0. The van der Waals surface area contributed by atoms with Gasteiger partial charge in [-0.1, -0.05) is 6.92 Å². The van der Waals surface area contributed by atoms with Crippen molar-refractivity contribution in [2.24, 2.45) is 11.3 Å². The third-order valence-corrected chi connectivity index (χ3v) is 4.70. The van der Waals surface area contributed by atoms with Gasteiger partial charge in [0, 0.05) is 11.9 Å². The first-order valence-corrected chi connectivity index (χ1v) is 7.53. The van der Waals surface area contributed by atoms with Crippen molar-refractivity contribution in [3.8, 4) is 0 Å². The van der Waals surface area contributed by atoms with Crippen LogP contribution in [0.4, 0.5) is 5.13 Å². The van der Waals surface area contributed by atoms with E-state index in [9.17, 15) is 14.7 Å². The number of amides is 1. The first kappa shape index (κ1) is 14.8. The van der Waals surface area contributed by atoms with Crippen LogP contribution in [0.5, 0.6) is 0 Å². The van der Waals surface area contributed by atoms with Crippen LogP contribution in [0.1, 0.15) is 43.1 Å². The predicted molar refractivity (Wildman–Crippen MR) is 76.6 cm³/mol. The highest BCUT2D eigenvalue weighted by Crippen LogP contribution is 2.38. The van der Waals surface area contributed by atoms with E-state index in [0.29, 0.717) is 23.9 Å². The number of thiazole rings is 1. The van der Waals surface area contributed by atoms with Gasteiger partial charge >= 0.3 is 5.97 Å². The van der Waals surface area contributed by atoms with Crippen molar-refractivity contribution in [3.05, 3.63) is 11.1 Å². The van der Waals surface area contributed by atoms with E-state index in [0.717, 1.165) is 12.8 Å². The second kappa shape index (κ2) is 5.78. The van der Waals surface area contributed by atoms with Gasteiger partial charge in [-0.2, -0.15) is 0 Å². The van der Waals surface area contributed by atoms with E-state index in [4.69, 9.17) is 5.73 Å². The summed E-state index contributed by atoms with van der Waals surface area (Å²) in [4.78, 5) is 27.4. The molecule has 0 radical (unpaired) electrons. The van der Waals surface area contributed by atoms with Crippen LogP contribution in [-0.4, -0.2) is 28.5 Å². The van der Waals surface area contributed by atoms with E-state index >= 15 is 0 Å². The van der Waals surface area contributed by atoms with Gasteiger partial charge in [0.05, 0.1) is 5.41 Å². The van der Waals surface area contributed by atoms with E-state index in [1.54, 1.807) is 5.38 Å². The molecule has 0 aromatic carbocycles. The van der Waals surface area contributed by atoms with Gasteiger partial charge in [0.2, 0.25) is 0 Å². The molecular formula is C13H19N3O3S. The first-order valence-electron chi connectivity index (χ1n) is 6.65. The van der Waals surface area contributed by atoms with Gasteiger partial charge in [-0.3, -0.25) is 9.59 Å². The Morgan fingerprint density at radius 3 is 2.70 bits per heavy atom. The highest BCUT2D eigenvalue weighted by molar-refractivity contribution is 7.13. The summed E-state index contributed by atoms with van der Waals surface area (Å²) in [6.45, 7) is 2.27. The number of carboxylic acid groups (broad SMARTS) is 1. The van der Waals surface area contributed by atoms with E-state index in [1.807, 2.05) is 0 Å². The smallest absolute Gasteiger partial charge is 0.311 e. The van der Waals surface area contributed by atoms with Gasteiger partial charge in [0.25, 0.3) is 5.91 Å². The van der Waals surface area contributed by atoms with Crippen molar-refractivity contribution >= 4 is 28.3 Å². The van der Waals surface area contributed by atoms with Crippen LogP contribution < -0.4 is 11.1 Å². The lowest BCUT2D eigenvalue weighted by molar-refractivity contribution is -0.151. The van der Waals surface area contributed by atoms with Crippen LogP contribution in [0, 0.1) is 11.3 Å². The Morgan fingerprint density at radius 1 is 1.55 bits per heavy atom. The lowest BCUT2D eigenvalue weighted by Crippen LogP contribution is -2.45. The zero-order valence-electron chi connectivity index (χ0n) is 11.4. The summed E-state index contributed by atoms with van der Waals surface area (Å²) in [5.41, 5.74) is 4.88. The molecule has 0 bridgehead atoms. The normalized spacial score (nSPS) is 26.1. The van der Waals surface area contributed by atoms with Crippen LogP contribution in [0.3, 0.4) is 0 Å². The van der Waals surface area contributed by atoms with Crippen molar-refractivity contribution in [3.63, 3.8) is 0 Å². The zero-order chi connectivity index (χ0) is 14.8. The monoisotopic (exact) mass is 297 g/mol. The Bertz CT molecular complexity index is 507. The van der Waals surface area contributed by atoms with Crippen molar-refractivity contribution in [1.82, 2.24) is 10.3 Å². The number of hydrogen-bond acceptors (Lipinski definition) is 5. The summed E-state index contributed by atoms with van der Waals surface area (Å²) in [5.74, 6) is -0.642. The van der Waals surface area contributed by atoms with Crippen LogP contribution in [0.15, 0.2) is 5.38 Å². The number of aliphatic carboxylic acids is 1. The Morgan fingerprint density at radius 2 is 2.20 bits per heavy atom. The fraction of sp³-hybridized carbons (Fsp3) is 0.615. The molecule has 6 nitrogen and oxygen atoms in total. The number of nitrogens with two attached hydrogens (primary N) is 1. The molecule has 20 heavy (non-hydrogen) atoms. The molecule has 1 aromatic heterocycles. The number of aromatic nitrogens is 1. The second-order valence-corrected chi connectivity index (χ2v) is 6.41. The molecular weight excluding hydrogens is 278 g/mol. The highest BCUT2D eigenvalue weighted by atomic mass is 32.1. The lowest BCUT2D eigenvalue weighted by Gasteiger charge is -2.35. The Hall–Kier alpha value is -1.63. The number of anilines is 1. The Balaban J connectivity index is 1.99. The number of carboxylic acids is 1. The van der Waals surface area contributed by atoms with E-state index < -0.39 is 11.4 Å². The molecule has 0 atom stereocenters. The number of rotatable bonds is 4.